The number of carbonyl (C=O) groups excluding carboxylic acids is 3. The third kappa shape index (κ3) is 6.71. The number of ether oxygens (including phenoxy) is 5. The fourth-order valence-corrected chi connectivity index (χ4v) is 6.48. The van der Waals surface area contributed by atoms with Crippen LogP contribution in [-0.2, 0) is 15.9 Å². The standard InChI is InChI=1S/C21H18O5.C18H14Cl2O7/c1-21(2,26-20(23)13-6-4-3-5-7-13)18-11-15-10-14-8-9-19(22)25-16(14)12-17(15)24-18;1-5-9-16(11(20)13(22)10(5)19)26-14-6(2)8(17(23)25-4)12(21)7(3)15(14)27-18(9)24/h3-10,12,18H,11H2,1-2H3;21-22H,1-4H3. The molecule has 5 aromatic rings. The van der Waals surface area contributed by atoms with Crippen LogP contribution < -0.4 is 19.8 Å². The molecule has 4 aromatic carbocycles. The number of rotatable bonds is 4. The summed E-state index contributed by atoms with van der Waals surface area (Å²) in [6, 6.07) is 15.7. The van der Waals surface area contributed by atoms with Crippen LogP contribution in [0, 0.1) is 20.8 Å². The molecule has 14 heteroatoms. The van der Waals surface area contributed by atoms with E-state index in [0.29, 0.717) is 23.3 Å². The fourth-order valence-electron chi connectivity index (χ4n) is 6.02. The normalized spacial score (nSPS) is 14.3. The van der Waals surface area contributed by atoms with Crippen LogP contribution in [0.4, 0.5) is 0 Å². The molecule has 12 nitrogen and oxygen atoms in total. The van der Waals surface area contributed by atoms with Crippen molar-refractivity contribution in [3.05, 3.63) is 114 Å². The largest absolute Gasteiger partial charge is 0.507 e. The molecule has 0 fully saturated rings. The molecular weight excluding hydrogens is 731 g/mol. The molecule has 1 aromatic heterocycles. The lowest BCUT2D eigenvalue weighted by molar-refractivity contribution is -0.0517. The van der Waals surface area contributed by atoms with E-state index in [1.54, 1.807) is 36.4 Å². The summed E-state index contributed by atoms with van der Waals surface area (Å²) >= 11 is 12.2. The van der Waals surface area contributed by atoms with Gasteiger partial charge >= 0.3 is 23.5 Å². The number of aromatic hydroxyl groups is 2. The maximum absolute atomic E-state index is 12.7. The predicted molar refractivity (Wildman–Crippen MR) is 193 cm³/mol. The Bertz CT molecular complexity index is 2400. The van der Waals surface area contributed by atoms with Gasteiger partial charge in [-0.1, -0.05) is 41.4 Å². The summed E-state index contributed by atoms with van der Waals surface area (Å²) in [6.45, 7) is 8.11. The van der Waals surface area contributed by atoms with Crippen LogP contribution in [-0.4, -0.2) is 46.9 Å². The average molecular weight is 764 g/mol. The number of hydrogen-bond acceptors (Lipinski definition) is 12. The summed E-state index contributed by atoms with van der Waals surface area (Å²) in [5.41, 5.74) is 1.03. The van der Waals surface area contributed by atoms with Gasteiger partial charge in [0.15, 0.2) is 23.0 Å². The number of carbonyl (C=O) groups is 3. The van der Waals surface area contributed by atoms with Crippen molar-refractivity contribution < 1.29 is 52.7 Å². The summed E-state index contributed by atoms with van der Waals surface area (Å²) in [5.74, 6) is -2.47. The van der Waals surface area contributed by atoms with E-state index in [0.717, 1.165) is 10.9 Å². The van der Waals surface area contributed by atoms with Gasteiger partial charge in [-0.15, -0.1) is 0 Å². The molecule has 2 aliphatic heterocycles. The number of hydrogen-bond donors (Lipinski definition) is 2. The third-order valence-electron chi connectivity index (χ3n) is 9.01. The Labute approximate surface area is 312 Å². The van der Waals surface area contributed by atoms with Crippen molar-refractivity contribution in [1.29, 1.82) is 0 Å². The second kappa shape index (κ2) is 14.0. The molecular formula is C39H32Cl2O12. The highest BCUT2D eigenvalue weighted by molar-refractivity contribution is 6.39. The summed E-state index contributed by atoms with van der Waals surface area (Å²) < 4.78 is 32.8. The highest BCUT2D eigenvalue weighted by Gasteiger charge is 2.40. The van der Waals surface area contributed by atoms with Gasteiger partial charge in [0.1, 0.15) is 44.9 Å². The molecule has 0 saturated heterocycles. The third-order valence-corrected chi connectivity index (χ3v) is 9.82. The molecule has 0 saturated carbocycles. The Balaban J connectivity index is 0.000000181. The molecule has 0 aliphatic carbocycles. The lowest BCUT2D eigenvalue weighted by atomic mass is 9.96. The summed E-state index contributed by atoms with van der Waals surface area (Å²) in [7, 11) is 1.17. The van der Waals surface area contributed by atoms with E-state index in [1.807, 2.05) is 26.0 Å². The monoisotopic (exact) mass is 762 g/mol. The van der Waals surface area contributed by atoms with Crippen molar-refractivity contribution in [2.45, 2.75) is 52.7 Å². The molecule has 0 amide bonds. The van der Waals surface area contributed by atoms with Crippen molar-refractivity contribution in [3.63, 3.8) is 0 Å². The highest BCUT2D eigenvalue weighted by atomic mass is 35.5. The lowest BCUT2D eigenvalue weighted by Gasteiger charge is -2.30. The Morgan fingerprint density at radius 1 is 0.830 bits per heavy atom. The molecule has 0 bridgehead atoms. The van der Waals surface area contributed by atoms with Gasteiger partial charge < -0.3 is 38.3 Å². The Morgan fingerprint density at radius 3 is 2.19 bits per heavy atom. The van der Waals surface area contributed by atoms with Crippen molar-refractivity contribution >= 4 is 52.1 Å². The maximum atomic E-state index is 12.7. The molecule has 1 unspecified atom stereocenters. The van der Waals surface area contributed by atoms with Crippen LogP contribution >= 0.6 is 23.2 Å². The van der Waals surface area contributed by atoms with Gasteiger partial charge in [-0.2, -0.15) is 0 Å². The van der Waals surface area contributed by atoms with Crippen LogP contribution in [0.5, 0.6) is 34.5 Å². The minimum Gasteiger partial charge on any atom is -0.507 e. The summed E-state index contributed by atoms with van der Waals surface area (Å²) in [6.07, 6.45) is 0.285. The quantitative estimate of drug-likeness (QED) is 0.103. The summed E-state index contributed by atoms with van der Waals surface area (Å²) in [5, 5.41) is 20.9. The molecule has 3 heterocycles. The summed E-state index contributed by atoms with van der Waals surface area (Å²) in [4.78, 5) is 48.5. The van der Waals surface area contributed by atoms with Crippen LogP contribution in [0.3, 0.4) is 0 Å². The SMILES string of the molecule is CC(C)(OC(=O)c1ccccc1)C1Cc2cc3ccc(=O)oc3cc2O1.COC(=O)c1c(C)c2c(c(C)c1O)OC(=O)c1c(C)c(Cl)c(O)c(Cl)c1O2. The molecule has 2 aliphatic rings. The van der Waals surface area contributed by atoms with Gasteiger partial charge in [0.05, 0.1) is 17.7 Å². The minimum atomic E-state index is -0.835. The van der Waals surface area contributed by atoms with Crippen LogP contribution in [0.15, 0.2) is 63.8 Å². The first-order valence-corrected chi connectivity index (χ1v) is 16.9. The van der Waals surface area contributed by atoms with Crippen molar-refractivity contribution in [2.75, 3.05) is 7.11 Å². The van der Waals surface area contributed by atoms with E-state index in [-0.39, 0.29) is 67.2 Å². The van der Waals surface area contributed by atoms with Gasteiger partial charge in [0.2, 0.25) is 0 Å². The first-order chi connectivity index (χ1) is 25.0. The first kappa shape index (κ1) is 37.1. The van der Waals surface area contributed by atoms with Crippen LogP contribution in [0.2, 0.25) is 10.0 Å². The van der Waals surface area contributed by atoms with Crippen molar-refractivity contribution in [1.82, 2.24) is 0 Å². The maximum Gasteiger partial charge on any atom is 0.347 e. The molecule has 2 N–H and O–H groups in total. The zero-order valence-corrected chi connectivity index (χ0v) is 30.7. The van der Waals surface area contributed by atoms with E-state index < -0.39 is 34.7 Å². The molecule has 274 valence electrons. The van der Waals surface area contributed by atoms with Gasteiger partial charge in [0, 0.05) is 35.1 Å². The number of methoxy groups -OCH3 is 1. The Hall–Kier alpha value is -5.72. The van der Waals surface area contributed by atoms with Gasteiger partial charge in [0.25, 0.3) is 0 Å². The number of phenolic OH excluding ortho intramolecular Hbond substituents is 2. The van der Waals surface area contributed by atoms with Gasteiger partial charge in [-0.3, -0.25) is 0 Å². The smallest absolute Gasteiger partial charge is 0.347 e. The van der Waals surface area contributed by atoms with E-state index in [1.165, 1.54) is 33.9 Å². The molecule has 7 rings (SSSR count). The number of halogens is 2. The second-order valence-corrected chi connectivity index (χ2v) is 13.6. The first-order valence-electron chi connectivity index (χ1n) is 16.1. The zero-order chi connectivity index (χ0) is 38.5. The average Bonchev–Trinajstić information content (AvgIpc) is 3.49. The lowest BCUT2D eigenvalue weighted by Crippen LogP contribution is -2.43. The molecule has 0 spiro atoms. The zero-order valence-electron chi connectivity index (χ0n) is 29.2. The molecule has 53 heavy (non-hydrogen) atoms. The number of fused-ring (bicyclic) bond motifs is 4. The number of esters is 3. The van der Waals surface area contributed by atoms with Crippen LogP contribution in [0.1, 0.15) is 67.2 Å². The number of phenols is 2. The highest BCUT2D eigenvalue weighted by Crippen LogP contribution is 2.53. The van der Waals surface area contributed by atoms with Crippen LogP contribution in [0.25, 0.3) is 11.0 Å². The van der Waals surface area contributed by atoms with Gasteiger partial charge in [-0.05, 0) is 70.0 Å². The van der Waals surface area contributed by atoms with E-state index in [9.17, 15) is 29.4 Å². The topological polar surface area (TPSA) is 168 Å². The Kier molecular flexibility index (Phi) is 9.80. The van der Waals surface area contributed by atoms with E-state index in [2.05, 4.69) is 0 Å². The fraction of sp³-hybridized carbons (Fsp3) is 0.231. The Morgan fingerprint density at radius 2 is 1.51 bits per heavy atom. The number of benzene rings is 4. The van der Waals surface area contributed by atoms with E-state index in [4.69, 9.17) is 51.3 Å². The predicted octanol–water partition coefficient (Wildman–Crippen LogP) is 8.17. The van der Waals surface area contributed by atoms with E-state index >= 15 is 0 Å². The minimum absolute atomic E-state index is 0.0131. The molecule has 0 radical (unpaired) electrons. The molecule has 1 atom stereocenters. The van der Waals surface area contributed by atoms with Gasteiger partial charge in [-0.25, -0.2) is 19.2 Å². The van der Waals surface area contributed by atoms with Crippen molar-refractivity contribution in [3.8, 4) is 34.5 Å². The second-order valence-electron chi connectivity index (χ2n) is 12.8. The van der Waals surface area contributed by atoms with Crippen molar-refractivity contribution in [2.24, 2.45) is 0 Å².